The van der Waals surface area contributed by atoms with Gasteiger partial charge in [-0.3, -0.25) is 4.55 Å². The van der Waals surface area contributed by atoms with Crippen molar-refractivity contribution in [2.75, 3.05) is 12.9 Å². The molecular formula is C9H11NO4S2. The zero-order valence-electron chi connectivity index (χ0n) is 8.53. The minimum atomic E-state index is -4.07. The summed E-state index contributed by atoms with van der Waals surface area (Å²) >= 11 is 0. The van der Waals surface area contributed by atoms with Crippen LogP contribution >= 0.6 is 10.8 Å². The minimum Gasteiger partial charge on any atom is -0.399 e. The van der Waals surface area contributed by atoms with Gasteiger partial charge in [-0.25, -0.2) is 0 Å². The topological polar surface area (TPSA) is 76.0 Å². The molecule has 16 heavy (non-hydrogen) atoms. The minimum absolute atomic E-state index is 0.0245. The molecule has 5 nitrogen and oxygen atoms in total. The summed E-state index contributed by atoms with van der Waals surface area (Å²) in [5.74, 6) is 0.0245. The van der Waals surface area contributed by atoms with Crippen LogP contribution in [0.4, 0.5) is 0 Å². The van der Waals surface area contributed by atoms with Gasteiger partial charge in [-0.2, -0.15) is 8.42 Å². The second-order valence-corrected chi connectivity index (χ2v) is 6.13. The highest BCUT2D eigenvalue weighted by Gasteiger charge is 2.11. The molecule has 1 rings (SSSR count). The van der Waals surface area contributed by atoms with Gasteiger partial charge in [0.25, 0.3) is 0 Å². The summed E-state index contributed by atoms with van der Waals surface area (Å²) in [5, 5.41) is 3.72. The van der Waals surface area contributed by atoms with Crippen LogP contribution in [0.25, 0.3) is 0 Å². The van der Waals surface area contributed by atoms with E-state index in [0.29, 0.717) is 16.5 Å². The summed E-state index contributed by atoms with van der Waals surface area (Å²) in [4.78, 5) is 4.62. The number of oxime groups is 1. The lowest BCUT2D eigenvalue weighted by molar-refractivity contribution is 0.213. The maximum Gasteiger partial charge on any atom is 0.320 e. The van der Waals surface area contributed by atoms with Crippen molar-refractivity contribution in [3.8, 4) is 0 Å². The predicted octanol–water partition coefficient (Wildman–Crippen LogP) is 1.57. The van der Waals surface area contributed by atoms with Crippen molar-refractivity contribution < 1.29 is 17.8 Å². The Morgan fingerprint density at radius 3 is 2.56 bits per heavy atom. The van der Waals surface area contributed by atoms with E-state index < -0.39 is 9.15 Å². The third kappa shape index (κ3) is 4.65. The Hall–Kier alpha value is -1.05. The van der Waals surface area contributed by atoms with E-state index in [-0.39, 0.29) is 5.75 Å². The lowest BCUT2D eigenvalue weighted by atomic mass is 10.1. The monoisotopic (exact) mass is 261 g/mol. The molecule has 0 aliphatic heterocycles. The van der Waals surface area contributed by atoms with E-state index in [4.69, 9.17) is 4.55 Å². The molecule has 0 unspecified atom stereocenters. The quantitative estimate of drug-likeness (QED) is 0.377. The fourth-order valence-corrected chi connectivity index (χ4v) is 2.30. The van der Waals surface area contributed by atoms with Gasteiger partial charge in [0, 0.05) is 16.4 Å². The largest absolute Gasteiger partial charge is 0.399 e. The maximum absolute atomic E-state index is 10.6. The molecule has 1 aromatic carbocycles. The first-order valence-electron chi connectivity index (χ1n) is 4.30. The second-order valence-electron chi connectivity index (χ2n) is 2.78. The number of hydrogen-bond donors (Lipinski definition) is 1. The standard InChI is InChI=1S/C9H11NO4S2/c1-14-10-9(7-15-16(11,12)13)8-5-3-2-4-6-8/h2-6H,7H2,1H3,(H,11,12,13)/b10-9-. The second kappa shape index (κ2) is 5.88. The molecule has 0 spiro atoms. The Morgan fingerprint density at radius 1 is 1.44 bits per heavy atom. The van der Waals surface area contributed by atoms with E-state index in [1.807, 2.05) is 6.07 Å². The molecule has 7 heteroatoms. The smallest absolute Gasteiger partial charge is 0.320 e. The number of rotatable bonds is 5. The lowest BCUT2D eigenvalue weighted by Crippen LogP contribution is -2.07. The Bertz CT molecular complexity index is 456. The third-order valence-electron chi connectivity index (χ3n) is 1.65. The fraction of sp³-hybridized carbons (Fsp3) is 0.222. The average Bonchev–Trinajstić information content (AvgIpc) is 2.24. The van der Waals surface area contributed by atoms with Crippen molar-refractivity contribution >= 4 is 25.7 Å². The van der Waals surface area contributed by atoms with Gasteiger partial charge in [-0.1, -0.05) is 35.5 Å². The van der Waals surface area contributed by atoms with Crippen LogP contribution in [0.2, 0.25) is 0 Å². The maximum atomic E-state index is 10.6. The molecule has 0 atom stereocenters. The Labute approximate surface area is 97.6 Å². The summed E-state index contributed by atoms with van der Waals surface area (Å²) in [6.45, 7) is 0. The van der Waals surface area contributed by atoms with Crippen LogP contribution in [-0.2, 0) is 14.0 Å². The van der Waals surface area contributed by atoms with Gasteiger partial charge in [0.15, 0.2) is 0 Å². The van der Waals surface area contributed by atoms with Crippen LogP contribution in [0.1, 0.15) is 5.56 Å². The van der Waals surface area contributed by atoms with Crippen LogP contribution in [0.15, 0.2) is 35.5 Å². The van der Waals surface area contributed by atoms with E-state index in [1.54, 1.807) is 24.3 Å². The van der Waals surface area contributed by atoms with E-state index in [1.165, 1.54) is 7.11 Å². The van der Waals surface area contributed by atoms with Crippen molar-refractivity contribution in [3.63, 3.8) is 0 Å². The first kappa shape index (κ1) is 13.0. The summed E-state index contributed by atoms with van der Waals surface area (Å²) in [6.07, 6.45) is 0. The van der Waals surface area contributed by atoms with Crippen molar-refractivity contribution in [1.82, 2.24) is 0 Å². The average molecular weight is 261 g/mol. The predicted molar refractivity (Wildman–Crippen MR) is 64.0 cm³/mol. The first-order valence-corrected chi connectivity index (χ1v) is 7.24. The van der Waals surface area contributed by atoms with Crippen LogP contribution in [-0.4, -0.2) is 31.5 Å². The van der Waals surface area contributed by atoms with Crippen LogP contribution in [0, 0.1) is 0 Å². The highest BCUT2D eigenvalue weighted by Crippen LogP contribution is 2.13. The molecule has 0 amide bonds. The molecule has 0 fully saturated rings. The van der Waals surface area contributed by atoms with Gasteiger partial charge in [0.1, 0.15) is 7.11 Å². The van der Waals surface area contributed by atoms with Crippen molar-refractivity contribution in [3.05, 3.63) is 35.9 Å². The highest BCUT2D eigenvalue weighted by atomic mass is 33.1. The molecule has 0 aliphatic carbocycles. The van der Waals surface area contributed by atoms with Gasteiger partial charge in [-0.15, -0.1) is 0 Å². The summed E-state index contributed by atoms with van der Waals surface area (Å²) in [5.41, 5.74) is 1.20. The fourth-order valence-electron chi connectivity index (χ4n) is 1.03. The molecule has 0 saturated carbocycles. The molecule has 0 saturated heterocycles. The molecule has 0 heterocycles. The van der Waals surface area contributed by atoms with Gasteiger partial charge in [0.2, 0.25) is 0 Å². The molecule has 1 aromatic rings. The normalized spacial score (nSPS) is 12.5. The summed E-state index contributed by atoms with van der Waals surface area (Å²) in [6, 6.07) is 9.01. The molecule has 0 aliphatic rings. The van der Waals surface area contributed by atoms with E-state index in [0.717, 1.165) is 5.56 Å². The van der Waals surface area contributed by atoms with Gasteiger partial charge in [-0.05, 0) is 0 Å². The van der Waals surface area contributed by atoms with Gasteiger partial charge in [0.05, 0.1) is 11.5 Å². The van der Waals surface area contributed by atoms with E-state index in [9.17, 15) is 8.42 Å². The highest BCUT2D eigenvalue weighted by molar-refractivity contribution is 8.70. The molecule has 0 aromatic heterocycles. The van der Waals surface area contributed by atoms with Crippen LogP contribution in [0.3, 0.4) is 0 Å². The van der Waals surface area contributed by atoms with Gasteiger partial charge < -0.3 is 4.84 Å². The van der Waals surface area contributed by atoms with E-state index >= 15 is 0 Å². The zero-order chi connectivity index (χ0) is 12.0. The molecular weight excluding hydrogens is 250 g/mol. The lowest BCUT2D eigenvalue weighted by Gasteiger charge is -2.03. The van der Waals surface area contributed by atoms with Crippen molar-refractivity contribution in [1.29, 1.82) is 0 Å². The number of nitrogens with zero attached hydrogens (tertiary/aromatic N) is 1. The van der Waals surface area contributed by atoms with Crippen molar-refractivity contribution in [2.45, 2.75) is 0 Å². The Morgan fingerprint density at radius 2 is 2.06 bits per heavy atom. The van der Waals surface area contributed by atoms with Crippen LogP contribution in [0.5, 0.6) is 0 Å². The number of hydrogen-bond acceptors (Lipinski definition) is 5. The molecule has 88 valence electrons. The zero-order valence-corrected chi connectivity index (χ0v) is 10.2. The molecule has 0 bridgehead atoms. The first-order chi connectivity index (χ1) is 7.53. The Balaban J connectivity index is 2.82. The SMILES string of the molecule is CO/N=C(/CSS(=O)(=O)O)c1ccccc1. The van der Waals surface area contributed by atoms with Crippen molar-refractivity contribution in [2.24, 2.45) is 5.16 Å². The third-order valence-corrected chi connectivity index (χ3v) is 3.59. The summed E-state index contributed by atoms with van der Waals surface area (Å²) < 4.78 is 29.8. The van der Waals surface area contributed by atoms with Gasteiger partial charge >= 0.3 is 9.15 Å². The summed E-state index contributed by atoms with van der Waals surface area (Å²) in [7, 11) is -2.30. The Kier molecular flexibility index (Phi) is 4.78. The molecule has 0 radical (unpaired) electrons. The number of benzene rings is 1. The van der Waals surface area contributed by atoms with E-state index in [2.05, 4.69) is 9.99 Å². The van der Waals surface area contributed by atoms with Crippen LogP contribution < -0.4 is 0 Å². The molecule has 1 N–H and O–H groups in total.